The fraction of sp³-hybridized carbons (Fsp3) is 0.333. The van der Waals surface area contributed by atoms with E-state index in [-0.39, 0.29) is 49.1 Å². The number of carbonyl (C=O) groups excluding carboxylic acids is 5. The quantitative estimate of drug-likeness (QED) is 0.0605. The van der Waals surface area contributed by atoms with Crippen molar-refractivity contribution in [1.82, 2.24) is 20.4 Å². The molecule has 4 heterocycles. The Labute approximate surface area is 411 Å². The molecule has 0 bridgehead atoms. The molecule has 0 spiro atoms. The Kier molecular flexibility index (Phi) is 14.6. The third-order valence-electron chi connectivity index (χ3n) is 13.2. The Morgan fingerprint density at radius 3 is 2.46 bits per heavy atom. The van der Waals surface area contributed by atoms with Crippen LogP contribution in [0.3, 0.4) is 0 Å². The van der Waals surface area contributed by atoms with Crippen LogP contribution in [-0.4, -0.2) is 84.3 Å². The van der Waals surface area contributed by atoms with Gasteiger partial charge in [-0.2, -0.15) is 5.26 Å². The summed E-state index contributed by atoms with van der Waals surface area (Å²) < 4.78 is 24.5. The zero-order valence-electron chi connectivity index (χ0n) is 38.8. The lowest BCUT2D eigenvalue weighted by Gasteiger charge is -2.35. The summed E-state index contributed by atoms with van der Waals surface area (Å²) in [5.74, 6) is 0.176. The molecule has 0 saturated carbocycles. The van der Waals surface area contributed by atoms with Crippen LogP contribution in [0.1, 0.15) is 93.5 Å². The number of unbranched alkanes of at least 4 members (excludes halogenated alkanes) is 1. The van der Waals surface area contributed by atoms with Crippen molar-refractivity contribution in [2.75, 3.05) is 38.2 Å². The van der Waals surface area contributed by atoms with Crippen molar-refractivity contribution in [1.29, 1.82) is 5.26 Å². The number of halogens is 1. The van der Waals surface area contributed by atoms with Gasteiger partial charge in [-0.3, -0.25) is 39.1 Å². The molecule has 3 N–H and O–H groups in total. The van der Waals surface area contributed by atoms with Gasteiger partial charge in [0, 0.05) is 43.4 Å². The molecule has 5 aromatic carbocycles. The molecule has 4 aliphatic rings. The summed E-state index contributed by atoms with van der Waals surface area (Å²) >= 11 is 7.01. The molecule has 2 atom stereocenters. The van der Waals surface area contributed by atoms with Gasteiger partial charge in [-0.05, 0) is 116 Å². The van der Waals surface area contributed by atoms with Gasteiger partial charge in [-0.15, -0.1) is 0 Å². The maximum Gasteiger partial charge on any atom is 0.264 e. The third-order valence-corrected chi connectivity index (χ3v) is 13.5. The summed E-state index contributed by atoms with van der Waals surface area (Å²) in [6.45, 7) is 5.54. The highest BCUT2D eigenvalue weighted by atomic mass is 35.5. The van der Waals surface area contributed by atoms with Crippen LogP contribution in [0, 0.1) is 18.3 Å². The number of hydrogen-bond acceptors (Lipinski definition) is 12. The second kappa shape index (κ2) is 21.5. The standard InChI is InChI=1S/C54H53ClN6O9/c1-33-37(11-7-12-39(33)36-16-18-45-48(27-36)68-24-23-67-45)32-70-47-28-46(69-31-35-10-6-9-34(25-35)29-56)38(26-41(47)55)30-60-22-5-2-15-43(60)51(63)58-21-4-3-20-57-42-14-8-13-40-50(42)54(66)61(53(40)65)44-17-19-49(62)59-52(44)64/h6-14,16,18,25-28,43-44,57H,2-5,15,17,19-24,30-32H2,1H3,(H,58,63)(H,59,62,64). The van der Waals surface area contributed by atoms with E-state index in [0.29, 0.717) is 86.4 Å². The molecule has 2 unspecified atom stereocenters. The van der Waals surface area contributed by atoms with E-state index in [2.05, 4.69) is 39.9 Å². The Morgan fingerprint density at radius 2 is 1.61 bits per heavy atom. The van der Waals surface area contributed by atoms with Gasteiger partial charge < -0.3 is 29.6 Å². The molecule has 0 aromatic heterocycles. The van der Waals surface area contributed by atoms with Crippen LogP contribution in [0.5, 0.6) is 23.0 Å². The summed E-state index contributed by atoms with van der Waals surface area (Å²) in [6, 6.07) is 28.7. The van der Waals surface area contributed by atoms with Gasteiger partial charge in [0.2, 0.25) is 17.7 Å². The number of anilines is 1. The number of ether oxygens (including phenoxy) is 4. The topological polar surface area (TPSA) is 189 Å². The number of hydrogen-bond donors (Lipinski definition) is 3. The minimum absolute atomic E-state index is 0.0451. The van der Waals surface area contributed by atoms with E-state index in [0.717, 1.165) is 62.6 Å². The zero-order chi connectivity index (χ0) is 48.7. The number of nitrogens with zero attached hydrogens (tertiary/aromatic N) is 3. The van der Waals surface area contributed by atoms with Crippen LogP contribution in [0.2, 0.25) is 5.02 Å². The van der Waals surface area contributed by atoms with E-state index in [4.69, 9.17) is 30.5 Å². The minimum Gasteiger partial charge on any atom is -0.488 e. The number of fused-ring (bicyclic) bond motifs is 2. The molecule has 2 saturated heterocycles. The molecule has 360 valence electrons. The number of rotatable bonds is 17. The van der Waals surface area contributed by atoms with Gasteiger partial charge in [0.15, 0.2) is 11.5 Å². The number of nitriles is 1. The molecule has 15 nitrogen and oxygen atoms in total. The van der Waals surface area contributed by atoms with Gasteiger partial charge in [-0.25, -0.2) is 0 Å². The monoisotopic (exact) mass is 964 g/mol. The fourth-order valence-electron chi connectivity index (χ4n) is 9.52. The van der Waals surface area contributed by atoms with Crippen molar-refractivity contribution in [3.8, 4) is 40.2 Å². The van der Waals surface area contributed by atoms with Crippen molar-refractivity contribution in [2.24, 2.45) is 0 Å². The second-order valence-electron chi connectivity index (χ2n) is 17.8. The van der Waals surface area contributed by atoms with Crippen molar-refractivity contribution in [3.05, 3.63) is 135 Å². The van der Waals surface area contributed by atoms with Gasteiger partial charge in [0.05, 0.1) is 33.8 Å². The zero-order valence-corrected chi connectivity index (χ0v) is 39.6. The number of nitrogens with one attached hydrogen (secondary N) is 3. The molecule has 2 fully saturated rings. The van der Waals surface area contributed by atoms with E-state index in [1.165, 1.54) is 0 Å². The molecule has 4 aliphatic heterocycles. The summed E-state index contributed by atoms with van der Waals surface area (Å²) in [5, 5.41) is 18.6. The Balaban J connectivity index is 0.833. The first-order chi connectivity index (χ1) is 34.1. The van der Waals surface area contributed by atoms with E-state index in [9.17, 15) is 29.2 Å². The Morgan fingerprint density at radius 1 is 0.829 bits per heavy atom. The van der Waals surface area contributed by atoms with Crippen LogP contribution in [0.25, 0.3) is 11.1 Å². The van der Waals surface area contributed by atoms with Crippen molar-refractivity contribution >= 4 is 46.8 Å². The minimum atomic E-state index is -1.04. The number of carbonyl (C=O) groups is 5. The number of benzene rings is 5. The average molecular weight is 966 g/mol. The summed E-state index contributed by atoms with van der Waals surface area (Å²) in [5.41, 5.74) is 7.15. The molecular formula is C54H53ClN6O9. The van der Waals surface area contributed by atoms with E-state index in [1.54, 1.807) is 30.3 Å². The highest BCUT2D eigenvalue weighted by molar-refractivity contribution is 6.32. The summed E-state index contributed by atoms with van der Waals surface area (Å²) in [6.07, 6.45) is 3.96. The second-order valence-corrected chi connectivity index (χ2v) is 18.2. The summed E-state index contributed by atoms with van der Waals surface area (Å²) in [7, 11) is 0. The van der Waals surface area contributed by atoms with Crippen LogP contribution in [0.15, 0.2) is 91.0 Å². The van der Waals surface area contributed by atoms with Gasteiger partial charge in [-0.1, -0.05) is 60.5 Å². The molecule has 16 heteroatoms. The van der Waals surface area contributed by atoms with Crippen LogP contribution in [-0.2, 0) is 34.1 Å². The van der Waals surface area contributed by atoms with Crippen molar-refractivity contribution in [3.63, 3.8) is 0 Å². The van der Waals surface area contributed by atoms with Crippen LogP contribution in [0.4, 0.5) is 5.69 Å². The predicted molar refractivity (Wildman–Crippen MR) is 261 cm³/mol. The maximum absolute atomic E-state index is 13.8. The van der Waals surface area contributed by atoms with Crippen molar-refractivity contribution in [2.45, 2.75) is 83.7 Å². The van der Waals surface area contributed by atoms with E-state index >= 15 is 0 Å². The summed E-state index contributed by atoms with van der Waals surface area (Å²) in [4.78, 5) is 68.0. The first kappa shape index (κ1) is 47.6. The molecule has 5 amide bonds. The first-order valence-electron chi connectivity index (χ1n) is 23.7. The Bertz CT molecular complexity index is 2900. The predicted octanol–water partition coefficient (Wildman–Crippen LogP) is 7.88. The molecule has 5 aromatic rings. The van der Waals surface area contributed by atoms with Gasteiger partial charge >= 0.3 is 0 Å². The Hall–Kier alpha value is -7.41. The lowest BCUT2D eigenvalue weighted by atomic mass is 9.96. The normalized spacial score (nSPS) is 17.6. The fourth-order valence-corrected chi connectivity index (χ4v) is 9.76. The molecular weight excluding hydrogens is 912 g/mol. The van der Waals surface area contributed by atoms with Gasteiger partial charge in [0.1, 0.15) is 44.0 Å². The highest BCUT2D eigenvalue weighted by Crippen LogP contribution is 2.39. The molecule has 70 heavy (non-hydrogen) atoms. The number of piperidine rings is 2. The lowest BCUT2D eigenvalue weighted by Crippen LogP contribution is -2.54. The maximum atomic E-state index is 13.8. The number of likely N-dealkylation sites (tertiary alicyclic amines) is 1. The van der Waals surface area contributed by atoms with Crippen LogP contribution >= 0.6 is 11.6 Å². The molecule has 0 radical (unpaired) electrons. The first-order valence-corrected chi connectivity index (χ1v) is 24.1. The van der Waals surface area contributed by atoms with E-state index in [1.807, 2.05) is 54.6 Å². The molecule has 0 aliphatic carbocycles. The SMILES string of the molecule is Cc1c(COc2cc(OCc3cccc(C#N)c3)c(CN3CCCCC3C(=O)NCCCCNc3cccc4c3C(=O)N(C3CCC(=O)NC3=O)C4=O)cc2Cl)cccc1-c1ccc2c(c1)OCCO2. The average Bonchev–Trinajstić information content (AvgIpc) is 3.63. The smallest absolute Gasteiger partial charge is 0.264 e. The largest absolute Gasteiger partial charge is 0.488 e. The molecule has 9 rings (SSSR count). The third kappa shape index (κ3) is 10.4. The van der Waals surface area contributed by atoms with Gasteiger partial charge in [0.25, 0.3) is 11.8 Å². The number of amides is 5. The van der Waals surface area contributed by atoms with E-state index < -0.39 is 29.7 Å². The lowest BCUT2D eigenvalue weighted by molar-refractivity contribution is -0.136. The number of imide groups is 2. The highest BCUT2D eigenvalue weighted by Gasteiger charge is 2.45. The van der Waals surface area contributed by atoms with Crippen molar-refractivity contribution < 1.29 is 42.9 Å². The van der Waals surface area contributed by atoms with Crippen LogP contribution < -0.4 is 34.9 Å².